The van der Waals surface area contributed by atoms with Gasteiger partial charge in [0, 0.05) is 5.57 Å². The Morgan fingerprint density at radius 1 is 1.00 bits per heavy atom. The summed E-state index contributed by atoms with van der Waals surface area (Å²) in [7, 11) is 0. The zero-order valence-corrected chi connectivity index (χ0v) is 9.54. The summed E-state index contributed by atoms with van der Waals surface area (Å²) in [6, 6.07) is 6.98. The summed E-state index contributed by atoms with van der Waals surface area (Å²) in [5, 5.41) is 7.48. The van der Waals surface area contributed by atoms with E-state index in [-0.39, 0.29) is 5.90 Å². The fourth-order valence-corrected chi connectivity index (χ4v) is 0.982. The minimum absolute atomic E-state index is 0.0635. The van der Waals surface area contributed by atoms with Crippen molar-refractivity contribution in [3.05, 3.63) is 48.8 Å². The van der Waals surface area contributed by atoms with E-state index in [1.807, 2.05) is 0 Å². The molecule has 0 radical (unpaired) electrons. The van der Waals surface area contributed by atoms with Crippen LogP contribution in [0.15, 0.2) is 48.8 Å². The van der Waals surface area contributed by atoms with Crippen LogP contribution in [0.25, 0.3) is 0 Å². The van der Waals surface area contributed by atoms with Crippen LogP contribution < -0.4 is 9.47 Å². The Morgan fingerprint density at radius 3 is 1.81 bits per heavy atom. The van der Waals surface area contributed by atoms with Crippen molar-refractivity contribution in [3.8, 4) is 11.5 Å². The average molecular weight is 217 g/mol. The molecule has 0 saturated heterocycles. The van der Waals surface area contributed by atoms with Gasteiger partial charge in [-0.25, -0.2) is 0 Å². The molecule has 3 heteroatoms. The lowest BCUT2D eigenvalue weighted by atomic mass is 10.3. The molecule has 0 aliphatic heterocycles. The number of benzene rings is 1. The Bertz CT molecular complexity index is 418. The van der Waals surface area contributed by atoms with Crippen molar-refractivity contribution >= 4 is 5.90 Å². The van der Waals surface area contributed by atoms with Gasteiger partial charge in [0.15, 0.2) is 0 Å². The third kappa shape index (κ3) is 3.61. The van der Waals surface area contributed by atoms with E-state index in [2.05, 4.69) is 13.2 Å². The summed E-state index contributed by atoms with van der Waals surface area (Å²) in [4.78, 5) is 0. The second-order valence-electron chi connectivity index (χ2n) is 3.49. The molecule has 0 amide bonds. The maximum Gasteiger partial charge on any atom is 0.214 e. The number of rotatable bonds is 4. The first kappa shape index (κ1) is 12.0. The molecule has 1 rings (SSSR count). The van der Waals surface area contributed by atoms with Gasteiger partial charge >= 0.3 is 0 Å². The predicted octanol–water partition coefficient (Wildman–Crippen LogP) is 3.53. The zero-order chi connectivity index (χ0) is 12.1. The smallest absolute Gasteiger partial charge is 0.214 e. The molecule has 0 aromatic heterocycles. The highest BCUT2D eigenvalue weighted by atomic mass is 16.5. The SMILES string of the molecule is C=C(C)Oc1ccc(OC(=N)C(=C)C)cc1. The molecule has 0 saturated carbocycles. The number of ether oxygens (including phenoxy) is 2. The Balaban J connectivity index is 2.68. The van der Waals surface area contributed by atoms with Crippen molar-refractivity contribution in [1.82, 2.24) is 0 Å². The third-order valence-electron chi connectivity index (χ3n) is 1.72. The maximum absolute atomic E-state index is 7.48. The minimum atomic E-state index is 0.0635. The van der Waals surface area contributed by atoms with Gasteiger partial charge in [0.1, 0.15) is 11.5 Å². The second-order valence-corrected chi connectivity index (χ2v) is 3.49. The standard InChI is InChI=1S/C13H15NO2/c1-9(2)13(14)16-12-7-5-11(6-8-12)15-10(3)4/h5-8,14H,1,3H2,2,4H3. The van der Waals surface area contributed by atoms with Gasteiger partial charge in [-0.3, -0.25) is 5.41 Å². The Morgan fingerprint density at radius 2 is 1.44 bits per heavy atom. The molecule has 84 valence electrons. The summed E-state index contributed by atoms with van der Waals surface area (Å²) in [6.45, 7) is 10.8. The molecule has 0 unspecified atom stereocenters. The molecule has 0 atom stereocenters. The number of hydrogen-bond acceptors (Lipinski definition) is 3. The lowest BCUT2D eigenvalue weighted by Gasteiger charge is -2.08. The van der Waals surface area contributed by atoms with Gasteiger partial charge in [-0.2, -0.15) is 0 Å². The fourth-order valence-electron chi connectivity index (χ4n) is 0.982. The van der Waals surface area contributed by atoms with Crippen LogP contribution in [0.3, 0.4) is 0 Å². The molecule has 1 N–H and O–H groups in total. The van der Waals surface area contributed by atoms with E-state index < -0.39 is 0 Å². The van der Waals surface area contributed by atoms with Gasteiger partial charge in [0.2, 0.25) is 5.90 Å². The van der Waals surface area contributed by atoms with Gasteiger partial charge in [-0.1, -0.05) is 13.2 Å². The summed E-state index contributed by atoms with van der Waals surface area (Å²) in [5.74, 6) is 1.97. The summed E-state index contributed by atoms with van der Waals surface area (Å²) in [6.07, 6.45) is 0. The van der Waals surface area contributed by atoms with Crippen LogP contribution in [0.2, 0.25) is 0 Å². The Hall–Kier alpha value is -2.03. The molecule has 0 spiro atoms. The predicted molar refractivity (Wildman–Crippen MR) is 65.1 cm³/mol. The van der Waals surface area contributed by atoms with Crippen LogP contribution in [0, 0.1) is 5.41 Å². The Kier molecular flexibility index (Phi) is 3.89. The normalized spacial score (nSPS) is 9.38. The van der Waals surface area contributed by atoms with Crippen LogP contribution in [0.4, 0.5) is 0 Å². The van der Waals surface area contributed by atoms with Crippen molar-refractivity contribution in [2.75, 3.05) is 0 Å². The van der Waals surface area contributed by atoms with Crippen LogP contribution in [0.1, 0.15) is 13.8 Å². The van der Waals surface area contributed by atoms with Gasteiger partial charge in [-0.05, 0) is 38.1 Å². The van der Waals surface area contributed by atoms with E-state index in [4.69, 9.17) is 14.9 Å². The highest BCUT2D eigenvalue weighted by Crippen LogP contribution is 2.19. The highest BCUT2D eigenvalue weighted by molar-refractivity contribution is 5.91. The topological polar surface area (TPSA) is 42.3 Å². The second kappa shape index (κ2) is 5.16. The van der Waals surface area contributed by atoms with E-state index in [1.165, 1.54) is 0 Å². The van der Waals surface area contributed by atoms with Gasteiger partial charge < -0.3 is 9.47 Å². The lowest BCUT2D eigenvalue weighted by molar-refractivity contribution is 0.429. The quantitative estimate of drug-likeness (QED) is 0.476. The number of hydrogen-bond donors (Lipinski definition) is 1. The van der Waals surface area contributed by atoms with Crippen molar-refractivity contribution in [2.24, 2.45) is 0 Å². The van der Waals surface area contributed by atoms with Crippen LogP contribution in [-0.4, -0.2) is 5.90 Å². The van der Waals surface area contributed by atoms with E-state index in [1.54, 1.807) is 38.1 Å². The van der Waals surface area contributed by atoms with E-state index in [0.717, 1.165) is 0 Å². The molecule has 0 heterocycles. The number of nitrogens with one attached hydrogen (secondary N) is 1. The monoisotopic (exact) mass is 217 g/mol. The molecule has 3 nitrogen and oxygen atoms in total. The van der Waals surface area contributed by atoms with Gasteiger partial charge in [-0.15, -0.1) is 0 Å². The van der Waals surface area contributed by atoms with Crippen LogP contribution in [0.5, 0.6) is 11.5 Å². The van der Waals surface area contributed by atoms with Crippen molar-refractivity contribution in [3.63, 3.8) is 0 Å². The van der Waals surface area contributed by atoms with Crippen molar-refractivity contribution < 1.29 is 9.47 Å². The molecule has 0 aliphatic rings. The fraction of sp³-hybridized carbons (Fsp3) is 0.154. The third-order valence-corrected chi connectivity index (χ3v) is 1.72. The maximum atomic E-state index is 7.48. The molecule has 0 aliphatic carbocycles. The Labute approximate surface area is 95.5 Å². The average Bonchev–Trinajstić information content (AvgIpc) is 2.20. The lowest BCUT2D eigenvalue weighted by Crippen LogP contribution is -2.06. The molecule has 0 fully saturated rings. The van der Waals surface area contributed by atoms with Gasteiger partial charge in [0.05, 0.1) is 5.76 Å². The first-order chi connectivity index (χ1) is 7.49. The van der Waals surface area contributed by atoms with Crippen molar-refractivity contribution in [1.29, 1.82) is 5.41 Å². The molecule has 1 aromatic rings. The molecular weight excluding hydrogens is 202 g/mol. The van der Waals surface area contributed by atoms with Crippen molar-refractivity contribution in [2.45, 2.75) is 13.8 Å². The summed E-state index contributed by atoms with van der Waals surface area (Å²) in [5.41, 5.74) is 0.585. The van der Waals surface area contributed by atoms with E-state index in [9.17, 15) is 0 Å². The molecule has 16 heavy (non-hydrogen) atoms. The van der Waals surface area contributed by atoms with Crippen LogP contribution >= 0.6 is 0 Å². The first-order valence-corrected chi connectivity index (χ1v) is 4.84. The minimum Gasteiger partial charge on any atom is -0.463 e. The van der Waals surface area contributed by atoms with Gasteiger partial charge in [0.25, 0.3) is 0 Å². The first-order valence-electron chi connectivity index (χ1n) is 4.84. The largest absolute Gasteiger partial charge is 0.463 e. The zero-order valence-electron chi connectivity index (χ0n) is 9.54. The molecule has 1 aromatic carbocycles. The van der Waals surface area contributed by atoms with Crippen LogP contribution in [-0.2, 0) is 0 Å². The van der Waals surface area contributed by atoms with E-state index in [0.29, 0.717) is 22.8 Å². The highest BCUT2D eigenvalue weighted by Gasteiger charge is 2.01. The number of allylic oxidation sites excluding steroid dienone is 1. The summed E-state index contributed by atoms with van der Waals surface area (Å²) < 4.78 is 10.5. The summed E-state index contributed by atoms with van der Waals surface area (Å²) >= 11 is 0. The van der Waals surface area contributed by atoms with E-state index >= 15 is 0 Å². The molecular formula is C13H15NO2. The molecule has 0 bridgehead atoms.